The lowest BCUT2D eigenvalue weighted by atomic mass is 9.70. The van der Waals surface area contributed by atoms with E-state index in [2.05, 4.69) is 27.7 Å². The fourth-order valence-corrected chi connectivity index (χ4v) is 6.14. The highest BCUT2D eigenvalue weighted by Crippen LogP contribution is 2.59. The molecule has 2 heterocycles. The maximum absolute atomic E-state index is 14.2. The van der Waals surface area contributed by atoms with Crippen molar-refractivity contribution in [1.29, 1.82) is 0 Å². The van der Waals surface area contributed by atoms with Gasteiger partial charge in [-0.2, -0.15) is 0 Å². The molecule has 0 saturated heterocycles. The SMILES string of the molecule is CC(C)c1nc2c(c3c1C(c1cc(F)cc(F)c1)OC31CCCC1)C(O)CC(C)(C)C2. The van der Waals surface area contributed by atoms with Crippen LogP contribution in [0.25, 0.3) is 0 Å². The van der Waals surface area contributed by atoms with E-state index in [4.69, 9.17) is 9.72 Å². The number of aliphatic hydroxyl groups excluding tert-OH is 1. The van der Waals surface area contributed by atoms with E-state index in [1.165, 1.54) is 12.1 Å². The Morgan fingerprint density at radius 1 is 1.06 bits per heavy atom. The predicted molar refractivity (Wildman–Crippen MR) is 115 cm³/mol. The number of ether oxygens (including phenoxy) is 1. The molecule has 1 aromatic heterocycles. The van der Waals surface area contributed by atoms with E-state index in [0.717, 1.165) is 66.2 Å². The molecular weight excluding hydrogens is 396 g/mol. The quantitative estimate of drug-likeness (QED) is 0.605. The smallest absolute Gasteiger partial charge is 0.126 e. The number of halogens is 2. The second kappa shape index (κ2) is 7.08. The maximum Gasteiger partial charge on any atom is 0.126 e. The summed E-state index contributed by atoms with van der Waals surface area (Å²) >= 11 is 0. The molecule has 31 heavy (non-hydrogen) atoms. The zero-order valence-electron chi connectivity index (χ0n) is 18.8. The predicted octanol–water partition coefficient (Wildman–Crippen LogP) is 6.38. The number of pyridine rings is 1. The minimum Gasteiger partial charge on any atom is -0.388 e. The molecule has 5 heteroatoms. The summed E-state index contributed by atoms with van der Waals surface area (Å²) in [6, 6.07) is 3.63. The zero-order chi connectivity index (χ0) is 22.1. The highest BCUT2D eigenvalue weighted by atomic mass is 19.1. The summed E-state index contributed by atoms with van der Waals surface area (Å²) < 4.78 is 35.1. The monoisotopic (exact) mass is 427 g/mol. The van der Waals surface area contributed by atoms with Gasteiger partial charge >= 0.3 is 0 Å². The van der Waals surface area contributed by atoms with Crippen molar-refractivity contribution in [2.24, 2.45) is 5.41 Å². The number of aromatic nitrogens is 1. The van der Waals surface area contributed by atoms with E-state index in [1.807, 2.05) is 0 Å². The lowest BCUT2D eigenvalue weighted by Crippen LogP contribution is -2.32. The second-order valence-corrected chi connectivity index (χ2v) is 10.8. The Kier molecular flexibility index (Phi) is 4.80. The minimum atomic E-state index is -0.606. The van der Waals surface area contributed by atoms with E-state index >= 15 is 0 Å². The van der Waals surface area contributed by atoms with Gasteiger partial charge in [0.25, 0.3) is 0 Å². The van der Waals surface area contributed by atoms with Crippen molar-refractivity contribution in [1.82, 2.24) is 4.98 Å². The molecule has 2 atom stereocenters. The number of benzene rings is 1. The fourth-order valence-electron chi connectivity index (χ4n) is 6.14. The van der Waals surface area contributed by atoms with Gasteiger partial charge in [-0.3, -0.25) is 4.98 Å². The molecule has 0 radical (unpaired) electrons. The molecule has 2 unspecified atom stereocenters. The Labute approximate surface area is 182 Å². The van der Waals surface area contributed by atoms with Crippen LogP contribution >= 0.6 is 0 Å². The molecule has 0 amide bonds. The Morgan fingerprint density at radius 2 is 1.71 bits per heavy atom. The van der Waals surface area contributed by atoms with Crippen LogP contribution in [0.4, 0.5) is 8.78 Å². The molecule has 1 N–H and O–H groups in total. The third kappa shape index (κ3) is 3.32. The number of hydrogen-bond donors (Lipinski definition) is 1. The van der Waals surface area contributed by atoms with Gasteiger partial charge in [-0.1, -0.05) is 40.5 Å². The van der Waals surface area contributed by atoms with Crippen molar-refractivity contribution >= 4 is 0 Å². The molecule has 2 aliphatic carbocycles. The van der Waals surface area contributed by atoms with Gasteiger partial charge in [-0.05, 0) is 60.3 Å². The first-order valence-electron chi connectivity index (χ1n) is 11.5. The zero-order valence-corrected chi connectivity index (χ0v) is 18.8. The van der Waals surface area contributed by atoms with E-state index in [9.17, 15) is 13.9 Å². The third-order valence-electron chi connectivity index (χ3n) is 7.31. The molecule has 1 aliphatic heterocycles. The van der Waals surface area contributed by atoms with Gasteiger partial charge in [0, 0.05) is 28.6 Å². The van der Waals surface area contributed by atoms with Crippen molar-refractivity contribution in [3.8, 4) is 0 Å². The summed E-state index contributed by atoms with van der Waals surface area (Å²) in [7, 11) is 0. The van der Waals surface area contributed by atoms with Crippen LogP contribution in [-0.2, 0) is 16.8 Å². The molecule has 1 fully saturated rings. The summed E-state index contributed by atoms with van der Waals surface area (Å²) in [6.07, 6.45) is 4.10. The van der Waals surface area contributed by atoms with Crippen LogP contribution in [0.3, 0.4) is 0 Å². The normalized spacial score (nSPS) is 25.8. The summed E-state index contributed by atoms with van der Waals surface area (Å²) in [6.45, 7) is 8.54. The van der Waals surface area contributed by atoms with Gasteiger partial charge in [-0.25, -0.2) is 8.78 Å². The highest BCUT2D eigenvalue weighted by Gasteiger charge is 2.52. The number of nitrogens with zero attached hydrogens (tertiary/aromatic N) is 1. The topological polar surface area (TPSA) is 42.4 Å². The Hall–Kier alpha value is -1.85. The summed E-state index contributed by atoms with van der Waals surface area (Å²) in [4.78, 5) is 5.08. The Balaban J connectivity index is 1.81. The van der Waals surface area contributed by atoms with Crippen LogP contribution in [0.15, 0.2) is 18.2 Å². The first kappa shape index (κ1) is 21.0. The first-order valence-corrected chi connectivity index (χ1v) is 11.5. The molecular formula is C26H31F2NO2. The van der Waals surface area contributed by atoms with E-state index < -0.39 is 29.4 Å². The largest absolute Gasteiger partial charge is 0.388 e. The molecule has 1 spiro atoms. The Morgan fingerprint density at radius 3 is 2.32 bits per heavy atom. The van der Waals surface area contributed by atoms with Crippen molar-refractivity contribution in [3.63, 3.8) is 0 Å². The van der Waals surface area contributed by atoms with Crippen molar-refractivity contribution < 1.29 is 18.6 Å². The van der Waals surface area contributed by atoms with Crippen LogP contribution < -0.4 is 0 Å². The van der Waals surface area contributed by atoms with Gasteiger partial charge in [0.1, 0.15) is 17.7 Å². The first-order chi connectivity index (χ1) is 14.6. The molecule has 1 saturated carbocycles. The number of aliphatic hydroxyl groups is 1. The average molecular weight is 428 g/mol. The molecule has 2 aromatic rings. The lowest BCUT2D eigenvalue weighted by molar-refractivity contribution is -0.0582. The summed E-state index contributed by atoms with van der Waals surface area (Å²) in [5.74, 6) is -1.08. The second-order valence-electron chi connectivity index (χ2n) is 10.8. The minimum absolute atomic E-state index is 0.0324. The summed E-state index contributed by atoms with van der Waals surface area (Å²) in [5, 5.41) is 11.3. The van der Waals surface area contributed by atoms with Crippen molar-refractivity contribution in [2.45, 2.75) is 89.9 Å². The molecule has 3 nitrogen and oxygen atoms in total. The number of fused-ring (bicyclic) bond motifs is 4. The lowest BCUT2D eigenvalue weighted by Gasteiger charge is -2.38. The summed E-state index contributed by atoms with van der Waals surface area (Å²) in [5.41, 5.74) is 4.74. The maximum atomic E-state index is 14.2. The number of hydrogen-bond acceptors (Lipinski definition) is 3. The standard InChI is InChI=1S/C26H31F2NO2/c1-14(2)23-21-22(20-18(29-23)12-25(3,4)13-19(20)30)26(7-5-6-8-26)31-24(21)15-9-16(27)11-17(28)10-15/h9-11,14,19,24,30H,5-8,12-13H2,1-4H3. The molecule has 1 aromatic carbocycles. The van der Waals surface area contributed by atoms with Crippen molar-refractivity contribution in [3.05, 3.63) is 63.5 Å². The van der Waals surface area contributed by atoms with Gasteiger partial charge in [-0.15, -0.1) is 0 Å². The molecule has 5 rings (SSSR count). The molecule has 166 valence electrons. The van der Waals surface area contributed by atoms with Gasteiger partial charge < -0.3 is 9.84 Å². The molecule has 3 aliphatic rings. The van der Waals surface area contributed by atoms with Gasteiger partial charge in [0.15, 0.2) is 0 Å². The number of rotatable bonds is 2. The average Bonchev–Trinajstić information content (AvgIpc) is 3.25. The van der Waals surface area contributed by atoms with Gasteiger partial charge in [0.2, 0.25) is 0 Å². The van der Waals surface area contributed by atoms with E-state index in [0.29, 0.717) is 12.0 Å². The highest BCUT2D eigenvalue weighted by molar-refractivity contribution is 5.54. The van der Waals surface area contributed by atoms with Crippen LogP contribution in [-0.4, -0.2) is 10.1 Å². The fraction of sp³-hybridized carbons (Fsp3) is 0.577. The van der Waals surface area contributed by atoms with Crippen LogP contribution in [0.5, 0.6) is 0 Å². The Bertz CT molecular complexity index is 1020. The van der Waals surface area contributed by atoms with Crippen LogP contribution in [0.2, 0.25) is 0 Å². The van der Waals surface area contributed by atoms with Crippen molar-refractivity contribution in [2.75, 3.05) is 0 Å². The molecule has 0 bridgehead atoms. The van der Waals surface area contributed by atoms with Gasteiger partial charge in [0.05, 0.1) is 11.7 Å². The van der Waals surface area contributed by atoms with Crippen LogP contribution in [0.1, 0.15) is 112 Å². The van der Waals surface area contributed by atoms with E-state index in [1.54, 1.807) is 0 Å². The van der Waals surface area contributed by atoms with Crippen LogP contribution in [0, 0.1) is 17.0 Å². The van der Waals surface area contributed by atoms with E-state index in [-0.39, 0.29) is 11.3 Å². The third-order valence-corrected chi connectivity index (χ3v) is 7.31.